The summed E-state index contributed by atoms with van der Waals surface area (Å²) in [6.07, 6.45) is 0. The van der Waals surface area contributed by atoms with Gasteiger partial charge in [-0.05, 0) is 133 Å². The SMILES string of the molecule is c1ccc(-c2cccc(-c3c4ccccc4c(-c4cc5c(c6ccccc46)-c4ccc6ccccc6c4C54c5ccccc5-c5ccccc54)c4ccccc34)c2)cc1. The van der Waals surface area contributed by atoms with E-state index in [4.69, 9.17) is 0 Å². The summed E-state index contributed by atoms with van der Waals surface area (Å²) in [4.78, 5) is 0. The van der Waals surface area contributed by atoms with E-state index in [1.165, 1.54) is 121 Å². The fourth-order valence-electron chi connectivity index (χ4n) is 11.2. The standard InChI is InChI=1S/C59H36/c1-2-17-37(18-3-1)39-20-16-21-40(35-39)55-46-27-8-10-29-48(46)56(49-30-11-9-28-47(49)55)51-36-54-57(45-26-7-6-23-42(45)51)50-34-33-38-19-4-5-22-41(38)58(50)59(54)52-31-14-12-24-43(52)44-25-13-15-32-53(44)59/h1-36H. The fraction of sp³-hybridized carbons (Fsp3) is 0.0169. The molecule has 0 heterocycles. The molecule has 2 aliphatic carbocycles. The average Bonchev–Trinajstić information content (AvgIpc) is 3.78. The van der Waals surface area contributed by atoms with E-state index in [-0.39, 0.29) is 0 Å². The molecular weight excluding hydrogens is 709 g/mol. The first kappa shape index (κ1) is 32.5. The fourth-order valence-corrected chi connectivity index (χ4v) is 11.2. The van der Waals surface area contributed by atoms with Crippen LogP contribution < -0.4 is 0 Å². The van der Waals surface area contributed by atoms with Crippen LogP contribution in [-0.4, -0.2) is 0 Å². The highest BCUT2D eigenvalue weighted by molar-refractivity contribution is 6.25. The quantitative estimate of drug-likeness (QED) is 0.158. The average molecular weight is 745 g/mol. The summed E-state index contributed by atoms with van der Waals surface area (Å²) in [6.45, 7) is 0. The van der Waals surface area contributed by atoms with Gasteiger partial charge in [-0.25, -0.2) is 0 Å². The van der Waals surface area contributed by atoms with Crippen LogP contribution in [0, 0.1) is 0 Å². The van der Waals surface area contributed by atoms with Crippen molar-refractivity contribution in [3.05, 3.63) is 241 Å². The lowest BCUT2D eigenvalue weighted by atomic mass is 9.68. The number of hydrogen-bond acceptors (Lipinski definition) is 0. The lowest BCUT2D eigenvalue weighted by Gasteiger charge is -2.32. The van der Waals surface area contributed by atoms with Gasteiger partial charge in [0, 0.05) is 0 Å². The van der Waals surface area contributed by atoms with Crippen LogP contribution in [0.25, 0.3) is 98.7 Å². The predicted molar refractivity (Wildman–Crippen MR) is 249 cm³/mol. The van der Waals surface area contributed by atoms with Crippen molar-refractivity contribution < 1.29 is 0 Å². The van der Waals surface area contributed by atoms with Crippen molar-refractivity contribution in [3.63, 3.8) is 0 Å². The largest absolute Gasteiger partial charge is 0.0731 e. The molecule has 0 saturated heterocycles. The second-order valence-electron chi connectivity index (χ2n) is 16.2. The first-order valence-electron chi connectivity index (χ1n) is 20.7. The van der Waals surface area contributed by atoms with Crippen LogP contribution in [-0.2, 0) is 5.41 Å². The smallest absolute Gasteiger partial charge is 0.0622 e. The molecule has 1 spiro atoms. The number of hydrogen-bond donors (Lipinski definition) is 0. The summed E-state index contributed by atoms with van der Waals surface area (Å²) in [5, 5.41) is 10.2. The van der Waals surface area contributed by atoms with E-state index in [1.54, 1.807) is 0 Å². The van der Waals surface area contributed by atoms with Gasteiger partial charge in [0.05, 0.1) is 5.41 Å². The Hall–Kier alpha value is -7.54. The summed E-state index contributed by atoms with van der Waals surface area (Å²) < 4.78 is 0. The van der Waals surface area contributed by atoms with Crippen LogP contribution >= 0.6 is 0 Å². The Kier molecular flexibility index (Phi) is 6.74. The lowest BCUT2D eigenvalue weighted by Crippen LogP contribution is -2.26. The van der Waals surface area contributed by atoms with Crippen LogP contribution in [0.3, 0.4) is 0 Å². The van der Waals surface area contributed by atoms with Crippen molar-refractivity contribution in [2.75, 3.05) is 0 Å². The van der Waals surface area contributed by atoms with Crippen LogP contribution in [0.5, 0.6) is 0 Å². The Morgan fingerprint density at radius 2 is 0.729 bits per heavy atom. The minimum Gasteiger partial charge on any atom is -0.0622 e. The molecule has 2 aliphatic rings. The third-order valence-corrected chi connectivity index (χ3v) is 13.4. The molecule has 0 saturated carbocycles. The van der Waals surface area contributed by atoms with Gasteiger partial charge < -0.3 is 0 Å². The minimum absolute atomic E-state index is 0.499. The van der Waals surface area contributed by atoms with Crippen molar-refractivity contribution in [1.82, 2.24) is 0 Å². The van der Waals surface area contributed by atoms with Gasteiger partial charge in [-0.2, -0.15) is 0 Å². The minimum atomic E-state index is -0.499. The molecule has 59 heavy (non-hydrogen) atoms. The molecule has 0 N–H and O–H groups in total. The highest BCUT2D eigenvalue weighted by Gasteiger charge is 2.53. The zero-order valence-electron chi connectivity index (χ0n) is 32.3. The first-order valence-corrected chi connectivity index (χ1v) is 20.7. The molecule has 272 valence electrons. The molecule has 0 nitrogen and oxygen atoms in total. The molecule has 0 radical (unpaired) electrons. The molecule has 0 heteroatoms. The highest BCUT2D eigenvalue weighted by Crippen LogP contribution is 2.66. The van der Waals surface area contributed by atoms with E-state index >= 15 is 0 Å². The van der Waals surface area contributed by atoms with Gasteiger partial charge in [0.1, 0.15) is 0 Å². The number of rotatable bonds is 3. The molecule has 0 aliphatic heterocycles. The summed E-state index contributed by atoms with van der Waals surface area (Å²) in [5.74, 6) is 0. The number of benzene rings is 11. The molecule has 0 amide bonds. The summed E-state index contributed by atoms with van der Waals surface area (Å²) in [7, 11) is 0. The zero-order chi connectivity index (χ0) is 38.7. The molecule has 13 rings (SSSR count). The Balaban J connectivity index is 1.19. The van der Waals surface area contributed by atoms with E-state index < -0.39 is 5.41 Å². The molecule has 0 unspecified atom stereocenters. The van der Waals surface area contributed by atoms with Crippen LogP contribution in [0.4, 0.5) is 0 Å². The van der Waals surface area contributed by atoms with Crippen LogP contribution in [0.1, 0.15) is 22.3 Å². The Morgan fingerprint density at radius 1 is 0.237 bits per heavy atom. The van der Waals surface area contributed by atoms with Gasteiger partial charge in [-0.3, -0.25) is 0 Å². The van der Waals surface area contributed by atoms with Gasteiger partial charge >= 0.3 is 0 Å². The summed E-state index contributed by atoms with van der Waals surface area (Å²) in [6, 6.07) is 81.9. The maximum Gasteiger partial charge on any atom is 0.0731 e. The molecule has 11 aromatic rings. The van der Waals surface area contributed by atoms with E-state index in [9.17, 15) is 0 Å². The molecule has 0 fully saturated rings. The van der Waals surface area contributed by atoms with E-state index in [0.717, 1.165) is 0 Å². The second-order valence-corrected chi connectivity index (χ2v) is 16.2. The van der Waals surface area contributed by atoms with E-state index in [0.29, 0.717) is 0 Å². The van der Waals surface area contributed by atoms with Crippen molar-refractivity contribution in [2.45, 2.75) is 5.41 Å². The van der Waals surface area contributed by atoms with Crippen molar-refractivity contribution in [2.24, 2.45) is 0 Å². The molecule has 0 bridgehead atoms. The molecule has 0 aromatic heterocycles. The Morgan fingerprint density at radius 3 is 1.39 bits per heavy atom. The predicted octanol–water partition coefficient (Wildman–Crippen LogP) is 15.6. The van der Waals surface area contributed by atoms with E-state index in [1.807, 2.05) is 0 Å². The van der Waals surface area contributed by atoms with Crippen molar-refractivity contribution in [3.8, 4) is 55.6 Å². The maximum atomic E-state index is 2.61. The molecular formula is C59H36. The maximum absolute atomic E-state index is 2.61. The van der Waals surface area contributed by atoms with Crippen LogP contribution in [0.2, 0.25) is 0 Å². The lowest BCUT2D eigenvalue weighted by molar-refractivity contribution is 0.802. The Bertz CT molecular complexity index is 3450. The molecule has 11 aromatic carbocycles. The summed E-state index contributed by atoms with van der Waals surface area (Å²) >= 11 is 0. The number of fused-ring (bicyclic) bond motifs is 16. The van der Waals surface area contributed by atoms with Gasteiger partial charge in [0.15, 0.2) is 0 Å². The van der Waals surface area contributed by atoms with Gasteiger partial charge in [0.25, 0.3) is 0 Å². The first-order chi connectivity index (χ1) is 29.3. The summed E-state index contributed by atoms with van der Waals surface area (Å²) in [5.41, 5.74) is 17.8. The molecule has 0 atom stereocenters. The van der Waals surface area contributed by atoms with Gasteiger partial charge in [-0.15, -0.1) is 0 Å². The second kappa shape index (κ2) is 12.2. The van der Waals surface area contributed by atoms with E-state index in [2.05, 4.69) is 218 Å². The topological polar surface area (TPSA) is 0 Å². The third kappa shape index (κ3) is 4.33. The monoisotopic (exact) mass is 744 g/mol. The van der Waals surface area contributed by atoms with Gasteiger partial charge in [-0.1, -0.05) is 206 Å². The highest BCUT2D eigenvalue weighted by atomic mass is 14.5. The van der Waals surface area contributed by atoms with Crippen molar-refractivity contribution in [1.29, 1.82) is 0 Å². The van der Waals surface area contributed by atoms with Crippen molar-refractivity contribution >= 4 is 43.1 Å². The Labute approximate surface area is 343 Å². The van der Waals surface area contributed by atoms with Crippen LogP contribution in [0.15, 0.2) is 218 Å². The normalized spacial score (nSPS) is 13.2. The van der Waals surface area contributed by atoms with Gasteiger partial charge in [0.2, 0.25) is 0 Å². The third-order valence-electron chi connectivity index (χ3n) is 13.4. The zero-order valence-corrected chi connectivity index (χ0v) is 32.3.